The Labute approximate surface area is 143 Å². The van der Waals surface area contributed by atoms with Crippen LogP contribution in [-0.4, -0.2) is 49.1 Å². The largest absolute Gasteiger partial charge is 0.500 e. The van der Waals surface area contributed by atoms with E-state index in [2.05, 4.69) is 4.98 Å². The number of rotatable bonds is 9. The highest BCUT2D eigenvalue weighted by atomic mass is 16.6. The van der Waals surface area contributed by atoms with Crippen molar-refractivity contribution in [3.8, 4) is 11.8 Å². The van der Waals surface area contributed by atoms with Gasteiger partial charge in [-0.15, -0.1) is 0 Å². The molecule has 1 aromatic heterocycles. The molecular weight excluding hydrogens is 336 g/mol. The lowest BCUT2D eigenvalue weighted by molar-refractivity contribution is -0.386. The van der Waals surface area contributed by atoms with Crippen LogP contribution in [0.2, 0.25) is 0 Å². The van der Waals surface area contributed by atoms with Crippen LogP contribution in [0.25, 0.3) is 0 Å². The van der Waals surface area contributed by atoms with Crippen LogP contribution in [0.5, 0.6) is 11.8 Å². The summed E-state index contributed by atoms with van der Waals surface area (Å²) in [5.74, 6) is -2.38. The van der Waals surface area contributed by atoms with Crippen LogP contribution < -0.4 is 9.47 Å². The van der Waals surface area contributed by atoms with Gasteiger partial charge in [-0.3, -0.25) is 14.9 Å². The standard InChI is InChI=1S/C15H18N2O8/c1-5-24-8-10(15(19)25-6-2)12(18)9-7-11(17(20)21)14(23-4)16-13(9)22-3/h7-8H,5-6H2,1-4H3/b10-8-. The molecule has 0 spiro atoms. The fourth-order valence-corrected chi connectivity index (χ4v) is 1.78. The van der Waals surface area contributed by atoms with E-state index in [4.69, 9.17) is 18.9 Å². The zero-order chi connectivity index (χ0) is 19.0. The SMILES string of the molecule is CCO/C=C(\C(=O)OCC)C(=O)c1cc([N+](=O)[O-])c(OC)nc1OC. The van der Waals surface area contributed by atoms with E-state index in [1.807, 2.05) is 0 Å². The second-order valence-electron chi connectivity index (χ2n) is 4.37. The average molecular weight is 354 g/mol. The lowest BCUT2D eigenvalue weighted by Gasteiger charge is -2.10. The van der Waals surface area contributed by atoms with Crippen molar-refractivity contribution in [2.24, 2.45) is 0 Å². The van der Waals surface area contributed by atoms with Gasteiger partial charge in [0.2, 0.25) is 11.7 Å². The summed E-state index contributed by atoms with van der Waals surface area (Å²) in [6.45, 7) is 3.47. The van der Waals surface area contributed by atoms with Gasteiger partial charge in [-0.1, -0.05) is 0 Å². The predicted molar refractivity (Wildman–Crippen MR) is 84.7 cm³/mol. The Hall–Kier alpha value is -3.17. The van der Waals surface area contributed by atoms with Gasteiger partial charge in [0.15, 0.2) is 0 Å². The van der Waals surface area contributed by atoms with Crippen LogP contribution in [0.1, 0.15) is 24.2 Å². The molecule has 0 bridgehead atoms. The maximum atomic E-state index is 12.7. The number of carbonyl (C=O) groups is 2. The number of aromatic nitrogens is 1. The fraction of sp³-hybridized carbons (Fsp3) is 0.400. The maximum absolute atomic E-state index is 12.7. The van der Waals surface area contributed by atoms with E-state index in [1.165, 1.54) is 14.2 Å². The van der Waals surface area contributed by atoms with Crippen LogP contribution in [0.3, 0.4) is 0 Å². The van der Waals surface area contributed by atoms with E-state index in [0.29, 0.717) is 0 Å². The first-order valence-corrected chi connectivity index (χ1v) is 7.22. The lowest BCUT2D eigenvalue weighted by Crippen LogP contribution is -2.18. The first kappa shape index (κ1) is 19.9. The molecule has 1 heterocycles. The Morgan fingerprint density at radius 2 is 1.84 bits per heavy atom. The molecule has 1 rings (SSSR count). The Kier molecular flexibility index (Phi) is 7.32. The van der Waals surface area contributed by atoms with E-state index in [-0.39, 0.29) is 30.5 Å². The molecule has 0 amide bonds. The summed E-state index contributed by atoms with van der Waals surface area (Å²) in [5.41, 5.74) is -1.29. The van der Waals surface area contributed by atoms with E-state index in [9.17, 15) is 19.7 Å². The summed E-state index contributed by atoms with van der Waals surface area (Å²) in [6.07, 6.45) is 0.940. The Morgan fingerprint density at radius 3 is 2.32 bits per heavy atom. The molecule has 0 fully saturated rings. The highest BCUT2D eigenvalue weighted by Gasteiger charge is 2.30. The Bertz CT molecular complexity index is 699. The van der Waals surface area contributed by atoms with Crippen molar-refractivity contribution in [2.75, 3.05) is 27.4 Å². The molecule has 25 heavy (non-hydrogen) atoms. The van der Waals surface area contributed by atoms with Gasteiger partial charge < -0.3 is 18.9 Å². The van der Waals surface area contributed by atoms with Crippen molar-refractivity contribution in [2.45, 2.75) is 13.8 Å². The van der Waals surface area contributed by atoms with Crippen molar-refractivity contribution < 1.29 is 33.5 Å². The van der Waals surface area contributed by atoms with Crippen LogP contribution in [-0.2, 0) is 14.3 Å². The van der Waals surface area contributed by atoms with Gasteiger partial charge in [0, 0.05) is 6.07 Å². The lowest BCUT2D eigenvalue weighted by atomic mass is 10.1. The van der Waals surface area contributed by atoms with Crippen molar-refractivity contribution in [1.82, 2.24) is 4.98 Å². The van der Waals surface area contributed by atoms with E-state index in [0.717, 1.165) is 12.3 Å². The van der Waals surface area contributed by atoms with Crippen LogP contribution in [0, 0.1) is 10.1 Å². The summed E-state index contributed by atoms with van der Waals surface area (Å²) in [5, 5.41) is 11.1. The van der Waals surface area contributed by atoms with Crippen LogP contribution in [0.4, 0.5) is 5.69 Å². The number of Topliss-reactive ketones (excluding diaryl/α,β-unsaturated/α-hetero) is 1. The second-order valence-corrected chi connectivity index (χ2v) is 4.37. The van der Waals surface area contributed by atoms with Gasteiger partial charge in [0.05, 0.1) is 37.9 Å². The highest BCUT2D eigenvalue weighted by Crippen LogP contribution is 2.32. The minimum absolute atomic E-state index is 0.0354. The van der Waals surface area contributed by atoms with Crippen molar-refractivity contribution >= 4 is 17.4 Å². The number of ether oxygens (including phenoxy) is 4. The van der Waals surface area contributed by atoms with E-state index < -0.39 is 27.9 Å². The molecule has 0 aromatic carbocycles. The zero-order valence-corrected chi connectivity index (χ0v) is 14.2. The Morgan fingerprint density at radius 1 is 1.20 bits per heavy atom. The monoisotopic (exact) mass is 354 g/mol. The van der Waals surface area contributed by atoms with Crippen molar-refractivity contribution in [1.29, 1.82) is 0 Å². The summed E-state index contributed by atoms with van der Waals surface area (Å²) >= 11 is 0. The molecule has 1 aromatic rings. The number of ketones is 1. The number of nitro groups is 1. The molecule has 0 aliphatic heterocycles. The fourth-order valence-electron chi connectivity index (χ4n) is 1.78. The van der Waals surface area contributed by atoms with Crippen LogP contribution in [0.15, 0.2) is 17.9 Å². The molecule has 0 saturated heterocycles. The molecule has 0 unspecified atom stereocenters. The van der Waals surface area contributed by atoms with Crippen molar-refractivity contribution in [3.63, 3.8) is 0 Å². The first-order chi connectivity index (χ1) is 11.9. The Balaban J connectivity index is 3.48. The molecular formula is C15H18N2O8. The summed E-state index contributed by atoms with van der Waals surface area (Å²) in [6, 6.07) is 0.923. The third kappa shape index (κ3) is 4.66. The first-order valence-electron chi connectivity index (χ1n) is 7.22. The number of pyridine rings is 1. The van der Waals surface area contributed by atoms with Gasteiger partial charge in [-0.05, 0) is 13.8 Å². The molecule has 0 radical (unpaired) electrons. The third-order valence-corrected chi connectivity index (χ3v) is 2.87. The predicted octanol–water partition coefficient (Wildman–Crippen LogP) is 1.67. The smallest absolute Gasteiger partial charge is 0.345 e. The summed E-state index contributed by atoms with van der Waals surface area (Å²) < 4.78 is 19.6. The quantitative estimate of drug-likeness (QED) is 0.0950. The number of methoxy groups -OCH3 is 2. The molecule has 0 saturated carbocycles. The summed E-state index contributed by atoms with van der Waals surface area (Å²) in [4.78, 5) is 38.8. The van der Waals surface area contributed by atoms with E-state index >= 15 is 0 Å². The number of esters is 1. The molecule has 10 nitrogen and oxygen atoms in total. The van der Waals surface area contributed by atoms with Gasteiger partial charge in [0.1, 0.15) is 11.8 Å². The summed E-state index contributed by atoms with van der Waals surface area (Å²) in [7, 11) is 2.41. The number of hydrogen-bond donors (Lipinski definition) is 0. The highest BCUT2D eigenvalue weighted by molar-refractivity contribution is 6.24. The zero-order valence-electron chi connectivity index (χ0n) is 14.2. The minimum Gasteiger partial charge on any atom is -0.500 e. The average Bonchev–Trinajstić information content (AvgIpc) is 2.60. The molecule has 0 atom stereocenters. The van der Waals surface area contributed by atoms with E-state index in [1.54, 1.807) is 13.8 Å². The van der Waals surface area contributed by atoms with Gasteiger partial charge in [0.25, 0.3) is 5.88 Å². The molecule has 0 aliphatic rings. The second kappa shape index (κ2) is 9.21. The molecule has 10 heteroatoms. The number of hydrogen-bond acceptors (Lipinski definition) is 9. The molecule has 0 aliphatic carbocycles. The molecule has 136 valence electrons. The number of nitrogens with zero attached hydrogens (tertiary/aromatic N) is 2. The van der Waals surface area contributed by atoms with Crippen molar-refractivity contribution in [3.05, 3.63) is 33.6 Å². The maximum Gasteiger partial charge on any atom is 0.345 e. The van der Waals surface area contributed by atoms with Gasteiger partial charge in [-0.2, -0.15) is 4.98 Å². The third-order valence-electron chi connectivity index (χ3n) is 2.87. The normalized spacial score (nSPS) is 10.8. The molecule has 0 N–H and O–H groups in total. The van der Waals surface area contributed by atoms with Gasteiger partial charge >= 0.3 is 11.7 Å². The van der Waals surface area contributed by atoms with Crippen LogP contribution >= 0.6 is 0 Å². The minimum atomic E-state index is -0.929. The van der Waals surface area contributed by atoms with Gasteiger partial charge in [-0.25, -0.2) is 4.79 Å². The number of carbonyl (C=O) groups excluding carboxylic acids is 2. The topological polar surface area (TPSA) is 127 Å².